The van der Waals surface area contributed by atoms with Gasteiger partial charge in [-0.05, 0) is 62.8 Å². The van der Waals surface area contributed by atoms with Crippen LogP contribution in [0.5, 0.6) is 11.9 Å². The van der Waals surface area contributed by atoms with Crippen LogP contribution in [-0.4, -0.2) is 77.0 Å². The van der Waals surface area contributed by atoms with Gasteiger partial charge in [0.15, 0.2) is 11.9 Å². The molecule has 1 unspecified atom stereocenters. The van der Waals surface area contributed by atoms with E-state index < -0.39 is 23.5 Å². The number of hydrogen-bond acceptors (Lipinski definition) is 8. The van der Waals surface area contributed by atoms with Crippen LogP contribution in [0.2, 0.25) is 0 Å². The first-order valence-corrected chi connectivity index (χ1v) is 18.1. The molecule has 3 atom stereocenters. The van der Waals surface area contributed by atoms with E-state index in [1.807, 2.05) is 30.3 Å². The van der Waals surface area contributed by atoms with Crippen LogP contribution in [0.1, 0.15) is 61.4 Å². The average molecular weight is 733 g/mol. The van der Waals surface area contributed by atoms with Gasteiger partial charge in [-0.15, -0.1) is 0 Å². The number of fused-ring (bicyclic) bond motifs is 5. The molecule has 0 radical (unpaired) electrons. The molecule has 3 aliphatic heterocycles. The van der Waals surface area contributed by atoms with Gasteiger partial charge in [0, 0.05) is 44.6 Å². The molecule has 0 N–H and O–H groups in total. The van der Waals surface area contributed by atoms with Crippen molar-refractivity contribution in [3.63, 3.8) is 0 Å². The van der Waals surface area contributed by atoms with Crippen LogP contribution in [0.15, 0.2) is 42.6 Å². The van der Waals surface area contributed by atoms with Crippen molar-refractivity contribution in [3.8, 4) is 23.1 Å². The third kappa shape index (κ3) is 5.61. The molecule has 4 aromatic heterocycles. The number of rotatable bonds is 8. The van der Waals surface area contributed by atoms with Crippen LogP contribution in [-0.2, 0) is 31.6 Å². The van der Waals surface area contributed by atoms with E-state index in [0.29, 0.717) is 59.0 Å². The Kier molecular flexibility index (Phi) is 8.14. The predicted octanol–water partition coefficient (Wildman–Crippen LogP) is 7.43. The number of benzene rings is 2. The Hall–Kier alpha value is -4.76. The van der Waals surface area contributed by atoms with Gasteiger partial charge in [-0.2, -0.15) is 33.3 Å². The van der Waals surface area contributed by atoms with Gasteiger partial charge in [0.2, 0.25) is 5.88 Å². The highest BCUT2D eigenvalue weighted by Gasteiger charge is 2.49. The Balaban J connectivity index is 1.23. The van der Waals surface area contributed by atoms with E-state index in [1.165, 1.54) is 13.1 Å². The molecule has 3 fully saturated rings. The molecule has 278 valence electrons. The Morgan fingerprint density at radius 3 is 2.64 bits per heavy atom. The van der Waals surface area contributed by atoms with Crippen molar-refractivity contribution in [3.05, 3.63) is 59.3 Å². The number of nitrogens with zero attached hydrogens (tertiary/aromatic N) is 8. The summed E-state index contributed by atoms with van der Waals surface area (Å²) in [5.74, 6) is 0.206. The molecule has 2 aromatic carbocycles. The highest BCUT2D eigenvalue weighted by Crippen LogP contribution is 2.48. The summed E-state index contributed by atoms with van der Waals surface area (Å²) < 4.78 is 83.6. The number of alkyl halides is 4. The van der Waals surface area contributed by atoms with Gasteiger partial charge in [0.05, 0.1) is 28.3 Å². The summed E-state index contributed by atoms with van der Waals surface area (Å²) in [6.07, 6.45) is 0.220. The fourth-order valence-electron chi connectivity index (χ4n) is 8.86. The maximum atomic E-state index is 15.1. The molecule has 53 heavy (non-hydrogen) atoms. The molecule has 0 aliphatic carbocycles. The smallest absolute Gasteiger partial charge is 0.417 e. The third-order valence-corrected chi connectivity index (χ3v) is 11.2. The minimum atomic E-state index is -4.69. The minimum absolute atomic E-state index is 0.0483. The fourth-order valence-corrected chi connectivity index (χ4v) is 8.86. The summed E-state index contributed by atoms with van der Waals surface area (Å²) in [5.41, 5.74) is 1.69. The normalized spacial score (nSPS) is 22.4. The van der Waals surface area contributed by atoms with E-state index in [1.54, 1.807) is 34.1 Å². The molecule has 7 heterocycles. The SMILES string of the molecule is Cc1cc2c(cnn2C2CCCCO2)c(-c2nn(C)c3c4c(OCc5ccccc5)nc(OC[C@@]56CCCN5C[C@H](F)C6)nc4n(C)c23)c1C(F)(F)F. The van der Waals surface area contributed by atoms with Crippen LogP contribution < -0.4 is 9.47 Å². The first-order chi connectivity index (χ1) is 25.5. The van der Waals surface area contributed by atoms with E-state index >= 15 is 13.2 Å². The first-order valence-electron chi connectivity index (χ1n) is 18.1. The first kappa shape index (κ1) is 34.0. The molecular formula is C38H40F4N8O3. The van der Waals surface area contributed by atoms with Crippen molar-refractivity contribution in [1.29, 1.82) is 0 Å². The van der Waals surface area contributed by atoms with E-state index in [2.05, 4.69) is 10.00 Å². The second-order valence-corrected chi connectivity index (χ2v) is 14.7. The monoisotopic (exact) mass is 732 g/mol. The van der Waals surface area contributed by atoms with Crippen molar-refractivity contribution < 1.29 is 31.8 Å². The van der Waals surface area contributed by atoms with Crippen molar-refractivity contribution in [2.45, 2.75) is 76.2 Å². The maximum Gasteiger partial charge on any atom is 0.417 e. The molecule has 0 amide bonds. The highest BCUT2D eigenvalue weighted by molar-refractivity contribution is 6.14. The molecule has 6 aromatic rings. The number of aryl methyl sites for hydroxylation is 3. The van der Waals surface area contributed by atoms with E-state index in [9.17, 15) is 4.39 Å². The molecule has 15 heteroatoms. The average Bonchev–Trinajstić information content (AvgIpc) is 3.94. The van der Waals surface area contributed by atoms with Crippen LogP contribution in [0.25, 0.3) is 44.2 Å². The molecular weight excluding hydrogens is 692 g/mol. The number of aromatic nitrogens is 7. The number of hydrogen-bond donors (Lipinski definition) is 0. The predicted molar refractivity (Wildman–Crippen MR) is 189 cm³/mol. The number of ether oxygens (including phenoxy) is 3. The van der Waals surface area contributed by atoms with Crippen molar-refractivity contribution in [2.24, 2.45) is 14.1 Å². The van der Waals surface area contributed by atoms with Crippen LogP contribution in [0.4, 0.5) is 17.6 Å². The van der Waals surface area contributed by atoms with Crippen LogP contribution in [0, 0.1) is 6.92 Å². The summed E-state index contributed by atoms with van der Waals surface area (Å²) >= 11 is 0. The largest absolute Gasteiger partial charge is 0.472 e. The lowest BCUT2D eigenvalue weighted by Gasteiger charge is -2.30. The summed E-state index contributed by atoms with van der Waals surface area (Å²) in [6, 6.07) is 11.2. The maximum absolute atomic E-state index is 15.1. The van der Waals surface area contributed by atoms with Gasteiger partial charge in [0.1, 0.15) is 36.0 Å². The Labute approximate surface area is 302 Å². The quantitative estimate of drug-likeness (QED) is 0.149. The lowest BCUT2D eigenvalue weighted by atomic mass is 9.94. The van der Waals surface area contributed by atoms with Crippen molar-refractivity contribution in [1.82, 2.24) is 39.0 Å². The molecule has 3 saturated heterocycles. The molecule has 0 saturated carbocycles. The summed E-state index contributed by atoms with van der Waals surface area (Å²) in [4.78, 5) is 11.7. The Morgan fingerprint density at radius 1 is 1.04 bits per heavy atom. The van der Waals surface area contributed by atoms with Gasteiger partial charge in [0.25, 0.3) is 0 Å². The second kappa shape index (κ2) is 12.7. The lowest BCUT2D eigenvalue weighted by Crippen LogP contribution is -2.43. The van der Waals surface area contributed by atoms with E-state index in [4.69, 9.17) is 29.3 Å². The van der Waals surface area contributed by atoms with Gasteiger partial charge >= 0.3 is 12.2 Å². The highest BCUT2D eigenvalue weighted by atomic mass is 19.4. The molecule has 0 bridgehead atoms. The van der Waals surface area contributed by atoms with E-state index in [-0.39, 0.29) is 48.2 Å². The third-order valence-electron chi connectivity index (χ3n) is 11.2. The van der Waals surface area contributed by atoms with Gasteiger partial charge in [-0.1, -0.05) is 30.3 Å². The zero-order valence-corrected chi connectivity index (χ0v) is 29.8. The molecule has 11 nitrogen and oxygen atoms in total. The summed E-state index contributed by atoms with van der Waals surface area (Å²) in [7, 11) is 3.44. The second-order valence-electron chi connectivity index (χ2n) is 14.7. The fraction of sp³-hybridized carbons (Fsp3) is 0.474. The van der Waals surface area contributed by atoms with Gasteiger partial charge < -0.3 is 18.8 Å². The van der Waals surface area contributed by atoms with Gasteiger partial charge in [-0.25, -0.2) is 9.07 Å². The lowest BCUT2D eigenvalue weighted by molar-refractivity contribution is -0.137. The molecule has 3 aliphatic rings. The standard InChI is InChI=1S/C38H40F4N8O3/c1-22-16-26-25(18-43-50(26)27-12-7-8-15-51-27)28(30(22)38(40,41)42)31-33-32(48(3)46-31)29-34(47(33)2)44-36(45-35(29)52-20-23-10-5-4-6-11-23)53-21-37-13-9-14-49(37)19-24(39)17-37/h4-6,10-11,16,18,24,27H,7-9,12-15,17,19-21H2,1-3H3/t24-,27?,37+/m1/s1. The van der Waals surface area contributed by atoms with Crippen LogP contribution in [0.3, 0.4) is 0 Å². The summed E-state index contributed by atoms with van der Waals surface area (Å²) in [6.45, 7) is 3.61. The Bertz CT molecular complexity index is 2350. The molecule has 9 rings (SSSR count). The molecule has 0 spiro atoms. The van der Waals surface area contributed by atoms with Crippen LogP contribution >= 0.6 is 0 Å². The van der Waals surface area contributed by atoms with Gasteiger partial charge in [-0.3, -0.25) is 9.58 Å². The van der Waals surface area contributed by atoms with Crippen molar-refractivity contribution in [2.75, 3.05) is 26.3 Å². The zero-order chi connectivity index (χ0) is 36.6. The minimum Gasteiger partial charge on any atom is -0.472 e. The van der Waals surface area contributed by atoms with E-state index in [0.717, 1.165) is 37.8 Å². The topological polar surface area (TPSA) is 97.3 Å². The summed E-state index contributed by atoms with van der Waals surface area (Å²) in [5, 5.41) is 10.2. The Morgan fingerprint density at radius 2 is 1.87 bits per heavy atom. The van der Waals surface area contributed by atoms with Crippen molar-refractivity contribution >= 4 is 33.0 Å². The zero-order valence-electron chi connectivity index (χ0n) is 29.8. The number of halogens is 4.